The third-order valence-electron chi connectivity index (χ3n) is 3.11. The number of halogens is 1. The zero-order valence-electron chi connectivity index (χ0n) is 10.6. The van der Waals surface area contributed by atoms with Gasteiger partial charge < -0.3 is 15.5 Å². The number of nitrogens with zero attached hydrogens (tertiary/aromatic N) is 1. The van der Waals surface area contributed by atoms with E-state index >= 15 is 0 Å². The molecule has 5 nitrogen and oxygen atoms in total. The van der Waals surface area contributed by atoms with Gasteiger partial charge in [0.15, 0.2) is 0 Å². The van der Waals surface area contributed by atoms with Crippen molar-refractivity contribution >= 4 is 11.9 Å². The van der Waals surface area contributed by atoms with Crippen molar-refractivity contribution in [1.82, 2.24) is 15.5 Å². The fourth-order valence-corrected chi connectivity index (χ4v) is 2.12. The fourth-order valence-electron chi connectivity index (χ4n) is 2.12. The van der Waals surface area contributed by atoms with E-state index in [-0.39, 0.29) is 18.0 Å². The van der Waals surface area contributed by atoms with Crippen LogP contribution in [0.15, 0.2) is 24.3 Å². The third kappa shape index (κ3) is 3.21. The number of likely N-dealkylation sites (tertiary alicyclic amines) is 1. The molecule has 0 unspecified atom stereocenters. The lowest BCUT2D eigenvalue weighted by Gasteiger charge is -2.17. The first-order valence-corrected chi connectivity index (χ1v) is 6.13. The molecular formula is C13H16FN3O2. The summed E-state index contributed by atoms with van der Waals surface area (Å²) in [5.74, 6) is -0.634. The molecule has 0 spiro atoms. The Kier molecular flexibility index (Phi) is 3.99. The van der Waals surface area contributed by atoms with Crippen LogP contribution in [0.3, 0.4) is 0 Å². The Bertz CT molecular complexity index is 493. The average molecular weight is 265 g/mol. The molecule has 0 saturated carbocycles. The molecule has 1 saturated heterocycles. The number of hydrogen-bond donors (Lipinski definition) is 2. The summed E-state index contributed by atoms with van der Waals surface area (Å²) in [5, 5.41) is 5.23. The Morgan fingerprint density at radius 3 is 2.89 bits per heavy atom. The van der Waals surface area contributed by atoms with Gasteiger partial charge >= 0.3 is 6.03 Å². The van der Waals surface area contributed by atoms with Gasteiger partial charge in [0.25, 0.3) is 5.91 Å². The second kappa shape index (κ2) is 5.69. The molecule has 3 amide bonds. The van der Waals surface area contributed by atoms with Crippen LogP contribution in [0.4, 0.5) is 9.18 Å². The van der Waals surface area contributed by atoms with E-state index in [4.69, 9.17) is 0 Å². The molecule has 1 aliphatic rings. The van der Waals surface area contributed by atoms with Crippen molar-refractivity contribution in [2.24, 2.45) is 0 Å². The quantitative estimate of drug-likeness (QED) is 0.837. The van der Waals surface area contributed by atoms with Crippen molar-refractivity contribution in [2.45, 2.75) is 12.5 Å². The van der Waals surface area contributed by atoms with Gasteiger partial charge in [-0.2, -0.15) is 0 Å². The van der Waals surface area contributed by atoms with Gasteiger partial charge in [-0.15, -0.1) is 0 Å². The monoisotopic (exact) mass is 265 g/mol. The SMILES string of the molecule is CNC(=O)N[C@@H]1CCN(C(=O)c2cccc(F)c2)C1. The van der Waals surface area contributed by atoms with Gasteiger partial charge in [0, 0.05) is 31.7 Å². The minimum absolute atomic E-state index is 0.0579. The van der Waals surface area contributed by atoms with Crippen molar-refractivity contribution in [2.75, 3.05) is 20.1 Å². The first kappa shape index (κ1) is 13.3. The number of rotatable bonds is 2. The molecule has 1 aromatic carbocycles. The zero-order valence-corrected chi connectivity index (χ0v) is 10.6. The van der Waals surface area contributed by atoms with Crippen LogP contribution in [0.25, 0.3) is 0 Å². The number of amides is 3. The molecule has 0 aliphatic carbocycles. The third-order valence-corrected chi connectivity index (χ3v) is 3.11. The topological polar surface area (TPSA) is 61.4 Å². The smallest absolute Gasteiger partial charge is 0.314 e. The molecule has 6 heteroatoms. The van der Waals surface area contributed by atoms with Crippen LogP contribution in [-0.2, 0) is 0 Å². The normalized spacial score (nSPS) is 18.2. The van der Waals surface area contributed by atoms with Crippen LogP contribution in [0.2, 0.25) is 0 Å². The molecule has 1 fully saturated rings. The van der Waals surface area contributed by atoms with Gasteiger partial charge in [0.1, 0.15) is 5.82 Å². The summed E-state index contributed by atoms with van der Waals surface area (Å²) in [6.07, 6.45) is 0.703. The van der Waals surface area contributed by atoms with E-state index in [0.29, 0.717) is 25.1 Å². The van der Waals surface area contributed by atoms with Crippen LogP contribution in [0, 0.1) is 5.82 Å². The van der Waals surface area contributed by atoms with E-state index in [1.807, 2.05) is 0 Å². The average Bonchev–Trinajstić information content (AvgIpc) is 2.86. The number of urea groups is 1. The van der Waals surface area contributed by atoms with Crippen molar-refractivity contribution in [3.63, 3.8) is 0 Å². The van der Waals surface area contributed by atoms with E-state index < -0.39 is 5.82 Å². The highest BCUT2D eigenvalue weighted by Gasteiger charge is 2.27. The van der Waals surface area contributed by atoms with Crippen molar-refractivity contribution < 1.29 is 14.0 Å². The van der Waals surface area contributed by atoms with Crippen LogP contribution >= 0.6 is 0 Å². The second-order valence-electron chi connectivity index (χ2n) is 4.47. The number of nitrogens with one attached hydrogen (secondary N) is 2. The van der Waals surface area contributed by atoms with Gasteiger partial charge in [-0.25, -0.2) is 9.18 Å². The summed E-state index contributed by atoms with van der Waals surface area (Å²) in [7, 11) is 1.54. The van der Waals surface area contributed by atoms with Gasteiger partial charge in [0.2, 0.25) is 0 Å². The standard InChI is InChI=1S/C13H16FN3O2/c1-15-13(19)16-11-5-6-17(8-11)12(18)9-3-2-4-10(14)7-9/h2-4,7,11H,5-6,8H2,1H3,(H2,15,16,19)/t11-/m1/s1. The summed E-state index contributed by atoms with van der Waals surface area (Å²) in [6, 6.07) is 5.31. The molecule has 1 aliphatic heterocycles. The van der Waals surface area contributed by atoms with E-state index in [0.717, 1.165) is 0 Å². The highest BCUT2D eigenvalue weighted by molar-refractivity contribution is 5.94. The molecule has 2 N–H and O–H groups in total. The van der Waals surface area contributed by atoms with Crippen LogP contribution in [0.5, 0.6) is 0 Å². The summed E-state index contributed by atoms with van der Waals surface area (Å²) < 4.78 is 13.1. The van der Waals surface area contributed by atoms with E-state index in [2.05, 4.69) is 10.6 Å². The molecule has 1 heterocycles. The Morgan fingerprint density at radius 1 is 1.42 bits per heavy atom. The van der Waals surface area contributed by atoms with Crippen molar-refractivity contribution in [3.8, 4) is 0 Å². The summed E-state index contributed by atoms with van der Waals surface area (Å²) in [4.78, 5) is 24.9. The highest BCUT2D eigenvalue weighted by atomic mass is 19.1. The maximum atomic E-state index is 13.1. The lowest BCUT2D eigenvalue weighted by molar-refractivity contribution is 0.0789. The number of carbonyl (C=O) groups excluding carboxylic acids is 2. The first-order valence-electron chi connectivity index (χ1n) is 6.13. The van der Waals surface area contributed by atoms with E-state index in [9.17, 15) is 14.0 Å². The lowest BCUT2D eigenvalue weighted by Crippen LogP contribution is -2.42. The maximum Gasteiger partial charge on any atom is 0.314 e. The van der Waals surface area contributed by atoms with Crippen LogP contribution in [-0.4, -0.2) is 43.0 Å². The number of carbonyl (C=O) groups is 2. The van der Waals surface area contributed by atoms with Crippen LogP contribution < -0.4 is 10.6 Å². The van der Waals surface area contributed by atoms with Gasteiger partial charge in [0.05, 0.1) is 0 Å². The molecule has 2 rings (SSSR count). The first-order chi connectivity index (χ1) is 9.10. The van der Waals surface area contributed by atoms with E-state index in [1.54, 1.807) is 18.0 Å². The molecule has 0 aromatic heterocycles. The molecule has 102 valence electrons. The summed E-state index contributed by atoms with van der Waals surface area (Å²) in [5.41, 5.74) is 0.334. The number of benzene rings is 1. The Morgan fingerprint density at radius 2 is 2.21 bits per heavy atom. The molecule has 1 aromatic rings. The Labute approximate surface area is 110 Å². The Balaban J connectivity index is 1.97. The minimum Gasteiger partial charge on any atom is -0.341 e. The molecular weight excluding hydrogens is 249 g/mol. The highest BCUT2D eigenvalue weighted by Crippen LogP contribution is 2.14. The van der Waals surface area contributed by atoms with E-state index in [1.165, 1.54) is 18.2 Å². The fraction of sp³-hybridized carbons (Fsp3) is 0.385. The summed E-state index contributed by atoms with van der Waals surface area (Å²) >= 11 is 0. The van der Waals surface area contributed by atoms with Gasteiger partial charge in [-0.3, -0.25) is 4.79 Å². The van der Waals surface area contributed by atoms with Crippen molar-refractivity contribution in [3.05, 3.63) is 35.6 Å². The molecule has 0 radical (unpaired) electrons. The summed E-state index contributed by atoms with van der Waals surface area (Å²) in [6.45, 7) is 1.01. The number of hydrogen-bond acceptors (Lipinski definition) is 2. The minimum atomic E-state index is -0.426. The van der Waals surface area contributed by atoms with Crippen molar-refractivity contribution in [1.29, 1.82) is 0 Å². The molecule has 0 bridgehead atoms. The predicted octanol–water partition coefficient (Wildman–Crippen LogP) is 0.969. The maximum absolute atomic E-state index is 13.1. The lowest BCUT2D eigenvalue weighted by atomic mass is 10.2. The second-order valence-corrected chi connectivity index (χ2v) is 4.47. The zero-order chi connectivity index (χ0) is 13.8. The molecule has 19 heavy (non-hydrogen) atoms. The van der Waals surface area contributed by atoms with Gasteiger partial charge in [-0.05, 0) is 24.6 Å². The Hall–Kier alpha value is -2.11. The van der Waals surface area contributed by atoms with Gasteiger partial charge in [-0.1, -0.05) is 6.07 Å². The molecule has 1 atom stereocenters. The van der Waals surface area contributed by atoms with Crippen LogP contribution in [0.1, 0.15) is 16.8 Å². The largest absolute Gasteiger partial charge is 0.341 e. The predicted molar refractivity (Wildman–Crippen MR) is 68.3 cm³/mol.